The first-order valence-corrected chi connectivity index (χ1v) is 10.6. The van der Waals surface area contributed by atoms with Gasteiger partial charge in [0, 0.05) is 49.0 Å². The highest BCUT2D eigenvalue weighted by molar-refractivity contribution is 9.10. The second-order valence-electron chi connectivity index (χ2n) is 5.71. The molecule has 0 amide bonds. The van der Waals surface area contributed by atoms with Crippen molar-refractivity contribution in [1.29, 1.82) is 0 Å². The van der Waals surface area contributed by atoms with E-state index < -0.39 is 10.0 Å². The van der Waals surface area contributed by atoms with E-state index in [0.717, 1.165) is 10.0 Å². The van der Waals surface area contributed by atoms with E-state index in [1.165, 1.54) is 10.4 Å². The molecule has 1 saturated heterocycles. The summed E-state index contributed by atoms with van der Waals surface area (Å²) in [6, 6.07) is 8.58. The highest BCUT2D eigenvalue weighted by atomic mass is 79.9. The topological polar surface area (TPSA) is 53.5 Å². The summed E-state index contributed by atoms with van der Waals surface area (Å²) in [4.78, 5) is 6.37. The van der Waals surface area contributed by atoms with Gasteiger partial charge in [-0.05, 0) is 24.3 Å². The Morgan fingerprint density at radius 3 is 2.48 bits per heavy atom. The standard InChI is InChI=1S/C16H16BrCl2N3O2S/c17-13-3-4-15(14(18)10-13)25(23,24)22-8-6-21(7-9-22)11-12-2-1-5-20-16(12)19/h1-5,10H,6-9,11H2. The van der Waals surface area contributed by atoms with E-state index in [2.05, 4.69) is 25.8 Å². The largest absolute Gasteiger partial charge is 0.296 e. The molecular weight excluding hydrogens is 449 g/mol. The zero-order valence-corrected chi connectivity index (χ0v) is 17.1. The molecule has 1 aromatic carbocycles. The highest BCUT2D eigenvalue weighted by Gasteiger charge is 2.30. The van der Waals surface area contributed by atoms with Crippen LogP contribution in [0.4, 0.5) is 0 Å². The number of hydrogen-bond acceptors (Lipinski definition) is 4. The van der Waals surface area contributed by atoms with Gasteiger partial charge >= 0.3 is 0 Å². The van der Waals surface area contributed by atoms with Crippen molar-refractivity contribution < 1.29 is 8.42 Å². The van der Waals surface area contributed by atoms with E-state index in [0.29, 0.717) is 37.9 Å². The molecule has 2 heterocycles. The van der Waals surface area contributed by atoms with E-state index in [1.54, 1.807) is 18.3 Å². The number of sulfonamides is 1. The number of aromatic nitrogens is 1. The van der Waals surface area contributed by atoms with E-state index in [-0.39, 0.29) is 9.92 Å². The minimum absolute atomic E-state index is 0.140. The van der Waals surface area contributed by atoms with Crippen LogP contribution < -0.4 is 0 Å². The number of pyridine rings is 1. The monoisotopic (exact) mass is 463 g/mol. The second-order valence-corrected chi connectivity index (χ2v) is 9.30. The molecule has 134 valence electrons. The van der Waals surface area contributed by atoms with Crippen molar-refractivity contribution in [2.24, 2.45) is 0 Å². The lowest BCUT2D eigenvalue weighted by atomic mass is 10.2. The molecule has 0 atom stereocenters. The van der Waals surface area contributed by atoms with Crippen LogP contribution in [0.3, 0.4) is 0 Å². The molecule has 0 radical (unpaired) electrons. The van der Waals surface area contributed by atoms with Gasteiger partial charge in [0.05, 0.1) is 5.02 Å². The average Bonchev–Trinajstić information content (AvgIpc) is 2.57. The molecule has 1 aromatic heterocycles. The first-order chi connectivity index (χ1) is 11.9. The number of halogens is 3. The molecule has 0 aliphatic carbocycles. The quantitative estimate of drug-likeness (QED) is 0.648. The summed E-state index contributed by atoms with van der Waals surface area (Å²) in [5, 5.41) is 0.707. The maximum absolute atomic E-state index is 12.8. The van der Waals surface area contributed by atoms with Crippen LogP contribution in [0.1, 0.15) is 5.56 Å². The van der Waals surface area contributed by atoms with Crippen LogP contribution in [0, 0.1) is 0 Å². The van der Waals surface area contributed by atoms with Crippen molar-refractivity contribution in [1.82, 2.24) is 14.2 Å². The Morgan fingerprint density at radius 2 is 1.84 bits per heavy atom. The summed E-state index contributed by atoms with van der Waals surface area (Å²) in [6.45, 7) is 2.72. The maximum atomic E-state index is 12.8. The molecule has 1 aliphatic rings. The Morgan fingerprint density at radius 1 is 1.12 bits per heavy atom. The van der Waals surface area contributed by atoms with Gasteiger partial charge in [0.1, 0.15) is 10.0 Å². The van der Waals surface area contributed by atoms with Crippen LogP contribution in [-0.2, 0) is 16.6 Å². The Hall–Kier alpha value is -0.700. The van der Waals surface area contributed by atoms with Crippen molar-refractivity contribution in [3.8, 4) is 0 Å². The number of nitrogens with zero attached hydrogens (tertiary/aromatic N) is 3. The molecule has 0 unspecified atom stereocenters. The van der Waals surface area contributed by atoms with E-state index >= 15 is 0 Å². The van der Waals surface area contributed by atoms with Gasteiger partial charge in [-0.1, -0.05) is 45.2 Å². The molecule has 1 fully saturated rings. The van der Waals surface area contributed by atoms with Crippen molar-refractivity contribution in [2.45, 2.75) is 11.4 Å². The zero-order chi connectivity index (χ0) is 18.0. The summed E-state index contributed by atoms with van der Waals surface area (Å²) in [7, 11) is -3.60. The van der Waals surface area contributed by atoms with Crippen LogP contribution in [0.25, 0.3) is 0 Å². The summed E-state index contributed by atoms with van der Waals surface area (Å²) < 4.78 is 27.9. The third-order valence-electron chi connectivity index (χ3n) is 4.07. The van der Waals surface area contributed by atoms with Crippen molar-refractivity contribution in [3.05, 3.63) is 56.7 Å². The molecule has 25 heavy (non-hydrogen) atoms. The van der Waals surface area contributed by atoms with Gasteiger partial charge in [-0.25, -0.2) is 13.4 Å². The molecule has 2 aromatic rings. The maximum Gasteiger partial charge on any atom is 0.244 e. The lowest BCUT2D eigenvalue weighted by molar-refractivity contribution is 0.181. The van der Waals surface area contributed by atoms with Crippen LogP contribution in [-0.4, -0.2) is 48.8 Å². The Kier molecular flexibility index (Phi) is 6.03. The van der Waals surface area contributed by atoms with Gasteiger partial charge in [0.2, 0.25) is 10.0 Å². The third kappa shape index (κ3) is 4.35. The fourth-order valence-corrected chi connectivity index (χ4v) is 5.34. The van der Waals surface area contributed by atoms with Crippen molar-refractivity contribution in [2.75, 3.05) is 26.2 Å². The van der Waals surface area contributed by atoms with Gasteiger partial charge in [-0.2, -0.15) is 4.31 Å². The minimum atomic E-state index is -3.60. The lowest BCUT2D eigenvalue weighted by Gasteiger charge is -2.34. The predicted molar refractivity (Wildman–Crippen MR) is 102 cm³/mol. The zero-order valence-electron chi connectivity index (χ0n) is 13.2. The summed E-state index contributed by atoms with van der Waals surface area (Å²) in [5.74, 6) is 0. The number of hydrogen-bond donors (Lipinski definition) is 0. The van der Waals surface area contributed by atoms with E-state index in [4.69, 9.17) is 23.2 Å². The molecule has 3 rings (SSSR count). The molecule has 0 N–H and O–H groups in total. The van der Waals surface area contributed by atoms with Crippen LogP contribution >= 0.6 is 39.1 Å². The number of piperazine rings is 1. The highest BCUT2D eigenvalue weighted by Crippen LogP contribution is 2.28. The van der Waals surface area contributed by atoms with Crippen LogP contribution in [0.15, 0.2) is 45.9 Å². The molecule has 9 heteroatoms. The molecule has 5 nitrogen and oxygen atoms in total. The molecule has 0 saturated carbocycles. The van der Waals surface area contributed by atoms with Gasteiger partial charge < -0.3 is 0 Å². The van der Waals surface area contributed by atoms with Gasteiger partial charge in [0.25, 0.3) is 0 Å². The third-order valence-corrected chi connectivity index (χ3v) is 7.29. The summed E-state index contributed by atoms with van der Waals surface area (Å²) in [6.07, 6.45) is 1.65. The lowest BCUT2D eigenvalue weighted by Crippen LogP contribution is -2.48. The van der Waals surface area contributed by atoms with Crippen molar-refractivity contribution >= 4 is 49.2 Å². The Labute approximate surface area is 165 Å². The summed E-state index contributed by atoms with van der Waals surface area (Å²) >= 11 is 15.5. The normalized spacial score (nSPS) is 16.9. The van der Waals surface area contributed by atoms with Crippen LogP contribution in [0.2, 0.25) is 10.2 Å². The average molecular weight is 465 g/mol. The van der Waals surface area contributed by atoms with E-state index in [9.17, 15) is 8.42 Å². The smallest absolute Gasteiger partial charge is 0.244 e. The van der Waals surface area contributed by atoms with Crippen LogP contribution in [0.5, 0.6) is 0 Å². The fraction of sp³-hybridized carbons (Fsp3) is 0.312. The SMILES string of the molecule is O=S(=O)(c1ccc(Br)cc1Cl)N1CCN(Cc2cccnc2Cl)CC1. The molecule has 0 bridgehead atoms. The predicted octanol–water partition coefficient (Wildman–Crippen LogP) is 3.66. The Bertz CT molecular complexity index is 871. The summed E-state index contributed by atoms with van der Waals surface area (Å²) in [5.41, 5.74) is 0.941. The number of rotatable bonds is 4. The number of benzene rings is 1. The Balaban J connectivity index is 1.68. The second kappa shape index (κ2) is 7.90. The van der Waals surface area contributed by atoms with Crippen molar-refractivity contribution in [3.63, 3.8) is 0 Å². The van der Waals surface area contributed by atoms with Gasteiger partial charge in [-0.3, -0.25) is 4.90 Å². The first-order valence-electron chi connectivity index (χ1n) is 7.65. The van der Waals surface area contributed by atoms with E-state index in [1.807, 2.05) is 12.1 Å². The molecule has 1 aliphatic heterocycles. The molecular formula is C16H16BrCl2N3O2S. The van der Waals surface area contributed by atoms with Gasteiger partial charge in [0.15, 0.2) is 0 Å². The fourth-order valence-electron chi connectivity index (χ4n) is 2.73. The molecule has 0 spiro atoms. The first kappa shape index (κ1) is 19.1. The van der Waals surface area contributed by atoms with Gasteiger partial charge in [-0.15, -0.1) is 0 Å². The minimum Gasteiger partial charge on any atom is -0.296 e.